The number of aromatic nitrogens is 2. The summed E-state index contributed by atoms with van der Waals surface area (Å²) in [7, 11) is 0. The Kier molecular flexibility index (Phi) is 3.13. The number of aryl methyl sites for hydroxylation is 3. The van der Waals surface area contributed by atoms with Gasteiger partial charge in [-0.3, -0.25) is 5.10 Å². The maximum atomic E-state index is 4.42. The van der Waals surface area contributed by atoms with Crippen LogP contribution in [0.4, 0.5) is 0 Å². The zero-order valence-corrected chi connectivity index (χ0v) is 12.5. The summed E-state index contributed by atoms with van der Waals surface area (Å²) in [4.78, 5) is 0. The molecule has 1 N–H and O–H groups in total. The Labute approximate surface area is 111 Å². The average molecular weight is 293 g/mol. The molecule has 0 aliphatic heterocycles. The van der Waals surface area contributed by atoms with Crippen LogP contribution in [0.5, 0.6) is 0 Å². The lowest BCUT2D eigenvalue weighted by Crippen LogP contribution is -1.95. The van der Waals surface area contributed by atoms with E-state index in [9.17, 15) is 0 Å². The Morgan fingerprint density at radius 2 is 1.53 bits per heavy atom. The van der Waals surface area contributed by atoms with Crippen LogP contribution in [0, 0.1) is 34.6 Å². The third kappa shape index (κ3) is 1.93. The Hall–Kier alpha value is -1.09. The van der Waals surface area contributed by atoms with Crippen molar-refractivity contribution in [1.82, 2.24) is 10.2 Å². The van der Waals surface area contributed by atoms with E-state index in [0.29, 0.717) is 0 Å². The Bertz CT molecular complexity index is 556. The van der Waals surface area contributed by atoms with Gasteiger partial charge in [0.15, 0.2) is 0 Å². The predicted molar refractivity (Wildman–Crippen MR) is 75.4 cm³/mol. The molecule has 0 saturated heterocycles. The molecule has 1 aromatic carbocycles. The number of nitrogens with zero attached hydrogens (tertiary/aromatic N) is 1. The van der Waals surface area contributed by atoms with Crippen LogP contribution < -0.4 is 0 Å². The SMILES string of the molecule is Cc1cc(C)c(C)c(-c2n[nH]c(C)c2Br)c1C. The van der Waals surface area contributed by atoms with E-state index in [1.807, 2.05) is 6.92 Å². The van der Waals surface area contributed by atoms with Gasteiger partial charge in [-0.05, 0) is 72.8 Å². The van der Waals surface area contributed by atoms with Crippen LogP contribution in [-0.2, 0) is 0 Å². The van der Waals surface area contributed by atoms with Crippen LogP contribution >= 0.6 is 15.9 Å². The summed E-state index contributed by atoms with van der Waals surface area (Å²) in [5, 5.41) is 7.45. The maximum Gasteiger partial charge on any atom is 0.107 e. The van der Waals surface area contributed by atoms with Crippen molar-refractivity contribution in [3.63, 3.8) is 0 Å². The third-order valence-corrected chi connectivity index (χ3v) is 4.45. The molecule has 17 heavy (non-hydrogen) atoms. The average Bonchev–Trinajstić information content (AvgIpc) is 2.59. The lowest BCUT2D eigenvalue weighted by atomic mass is 9.92. The van der Waals surface area contributed by atoms with Gasteiger partial charge in [0.1, 0.15) is 5.69 Å². The van der Waals surface area contributed by atoms with E-state index in [2.05, 4.69) is 59.9 Å². The molecule has 0 bridgehead atoms. The van der Waals surface area contributed by atoms with Crippen molar-refractivity contribution in [2.24, 2.45) is 0 Å². The fourth-order valence-corrected chi connectivity index (χ4v) is 2.53. The predicted octanol–water partition coefficient (Wildman–Crippen LogP) is 4.38. The first-order valence-electron chi connectivity index (χ1n) is 5.71. The Balaban J connectivity index is 2.79. The molecule has 0 fully saturated rings. The van der Waals surface area contributed by atoms with Crippen LogP contribution in [0.3, 0.4) is 0 Å². The van der Waals surface area contributed by atoms with E-state index in [1.165, 1.54) is 27.8 Å². The Morgan fingerprint density at radius 3 is 1.94 bits per heavy atom. The molecule has 0 spiro atoms. The van der Waals surface area contributed by atoms with Gasteiger partial charge in [0.2, 0.25) is 0 Å². The van der Waals surface area contributed by atoms with Gasteiger partial charge in [-0.2, -0.15) is 5.10 Å². The third-order valence-electron chi connectivity index (χ3n) is 3.48. The molecule has 2 aromatic rings. The fraction of sp³-hybridized carbons (Fsp3) is 0.357. The van der Waals surface area contributed by atoms with Crippen molar-refractivity contribution in [2.75, 3.05) is 0 Å². The van der Waals surface area contributed by atoms with Gasteiger partial charge >= 0.3 is 0 Å². The van der Waals surface area contributed by atoms with Gasteiger partial charge in [0.25, 0.3) is 0 Å². The zero-order valence-electron chi connectivity index (χ0n) is 10.9. The van der Waals surface area contributed by atoms with Gasteiger partial charge in [-0.25, -0.2) is 0 Å². The van der Waals surface area contributed by atoms with Crippen molar-refractivity contribution >= 4 is 15.9 Å². The van der Waals surface area contributed by atoms with Gasteiger partial charge in [0.05, 0.1) is 4.47 Å². The Morgan fingerprint density at radius 1 is 1.00 bits per heavy atom. The number of aromatic amines is 1. The number of benzene rings is 1. The fourth-order valence-electron chi connectivity index (χ4n) is 2.15. The second-order valence-electron chi connectivity index (χ2n) is 4.65. The zero-order chi connectivity index (χ0) is 12.7. The first-order chi connectivity index (χ1) is 7.93. The van der Waals surface area contributed by atoms with E-state index in [-0.39, 0.29) is 0 Å². The minimum atomic E-state index is 1.02. The minimum absolute atomic E-state index is 1.02. The molecule has 2 nitrogen and oxygen atoms in total. The second kappa shape index (κ2) is 4.30. The number of hydrogen-bond donors (Lipinski definition) is 1. The minimum Gasteiger partial charge on any atom is -0.281 e. The summed E-state index contributed by atoms with van der Waals surface area (Å²) >= 11 is 3.61. The summed E-state index contributed by atoms with van der Waals surface area (Å²) in [5.41, 5.74) is 8.58. The van der Waals surface area contributed by atoms with E-state index in [0.717, 1.165) is 15.9 Å². The lowest BCUT2D eigenvalue weighted by molar-refractivity contribution is 1.05. The van der Waals surface area contributed by atoms with Crippen LogP contribution in [0.2, 0.25) is 0 Å². The molecule has 2 rings (SSSR count). The van der Waals surface area contributed by atoms with Crippen molar-refractivity contribution in [1.29, 1.82) is 0 Å². The molecular formula is C14H17BrN2. The summed E-state index contributed by atoms with van der Waals surface area (Å²) in [6.07, 6.45) is 0. The molecular weight excluding hydrogens is 276 g/mol. The molecule has 0 saturated carbocycles. The molecule has 3 heteroatoms. The highest BCUT2D eigenvalue weighted by Crippen LogP contribution is 2.35. The molecule has 0 radical (unpaired) electrons. The molecule has 0 aliphatic rings. The van der Waals surface area contributed by atoms with Crippen LogP contribution in [0.1, 0.15) is 27.9 Å². The number of rotatable bonds is 1. The van der Waals surface area contributed by atoms with Gasteiger partial charge in [-0.1, -0.05) is 6.07 Å². The van der Waals surface area contributed by atoms with Crippen molar-refractivity contribution in [3.05, 3.63) is 38.5 Å². The summed E-state index contributed by atoms with van der Waals surface area (Å²) in [5.74, 6) is 0. The molecule has 90 valence electrons. The second-order valence-corrected chi connectivity index (χ2v) is 5.44. The topological polar surface area (TPSA) is 28.7 Å². The summed E-state index contributed by atoms with van der Waals surface area (Å²) < 4.78 is 1.06. The maximum absolute atomic E-state index is 4.42. The van der Waals surface area contributed by atoms with Crippen LogP contribution in [0.15, 0.2) is 10.5 Å². The lowest BCUT2D eigenvalue weighted by Gasteiger charge is -2.13. The largest absolute Gasteiger partial charge is 0.281 e. The molecule has 1 heterocycles. The van der Waals surface area contributed by atoms with Crippen molar-refractivity contribution in [2.45, 2.75) is 34.6 Å². The smallest absolute Gasteiger partial charge is 0.107 e. The summed E-state index contributed by atoms with van der Waals surface area (Å²) in [6, 6.07) is 2.24. The van der Waals surface area contributed by atoms with Crippen LogP contribution in [0.25, 0.3) is 11.3 Å². The number of nitrogens with one attached hydrogen (secondary N) is 1. The molecule has 0 amide bonds. The van der Waals surface area contributed by atoms with E-state index >= 15 is 0 Å². The first kappa shape index (κ1) is 12.4. The molecule has 0 unspecified atom stereocenters. The highest BCUT2D eigenvalue weighted by Gasteiger charge is 2.16. The van der Waals surface area contributed by atoms with E-state index in [4.69, 9.17) is 0 Å². The van der Waals surface area contributed by atoms with E-state index < -0.39 is 0 Å². The van der Waals surface area contributed by atoms with Crippen molar-refractivity contribution in [3.8, 4) is 11.3 Å². The van der Waals surface area contributed by atoms with Gasteiger partial charge in [-0.15, -0.1) is 0 Å². The number of hydrogen-bond acceptors (Lipinski definition) is 1. The van der Waals surface area contributed by atoms with Crippen LogP contribution in [-0.4, -0.2) is 10.2 Å². The highest BCUT2D eigenvalue weighted by atomic mass is 79.9. The molecule has 1 aromatic heterocycles. The summed E-state index contributed by atoms with van der Waals surface area (Å²) in [6.45, 7) is 10.6. The van der Waals surface area contributed by atoms with E-state index in [1.54, 1.807) is 0 Å². The van der Waals surface area contributed by atoms with Crippen molar-refractivity contribution < 1.29 is 0 Å². The number of H-pyrrole nitrogens is 1. The monoisotopic (exact) mass is 292 g/mol. The standard InChI is InChI=1S/C14H17BrN2/c1-7-6-8(2)10(4)12(9(7)3)14-13(15)11(5)16-17-14/h6H,1-5H3,(H,16,17). The van der Waals surface area contributed by atoms with Gasteiger partial charge in [0, 0.05) is 11.3 Å². The first-order valence-corrected chi connectivity index (χ1v) is 6.51. The van der Waals surface area contributed by atoms with Gasteiger partial charge < -0.3 is 0 Å². The molecule has 0 aliphatic carbocycles. The number of halogens is 1. The normalized spacial score (nSPS) is 10.9. The molecule has 0 atom stereocenters. The quantitative estimate of drug-likeness (QED) is 0.830. The highest BCUT2D eigenvalue weighted by molar-refractivity contribution is 9.10.